The standard InChI is InChI=1S/C31H36N6O5/c1-4-25(39)24-11-31-12-26(31)37(24)28(41)16-36-30-21(13-34-27(40)7-5-6-8-42-17-31)9-20(22-14-32-19(3)33-15-22)10-23(30)29(35-36)18(2)38/h9-10,14-15,24,26H,4-8,11-13,16-17H2,1-3H3,(H,34,40)/t24-,26+,31-/m0/s1. The predicted octanol–water partition coefficient (Wildman–Crippen LogP) is 3.16. The molecule has 1 N–H and O–H groups in total. The van der Waals surface area contributed by atoms with Crippen LogP contribution in [-0.2, 0) is 32.2 Å². The van der Waals surface area contributed by atoms with Crippen molar-refractivity contribution in [2.45, 2.75) is 84.5 Å². The van der Waals surface area contributed by atoms with Crippen molar-refractivity contribution in [1.82, 2.24) is 30.0 Å². The summed E-state index contributed by atoms with van der Waals surface area (Å²) in [5.41, 5.74) is 2.90. The van der Waals surface area contributed by atoms with Gasteiger partial charge in [-0.15, -0.1) is 0 Å². The summed E-state index contributed by atoms with van der Waals surface area (Å²) in [5, 5.41) is 8.23. The van der Waals surface area contributed by atoms with Gasteiger partial charge in [-0.1, -0.05) is 6.92 Å². The van der Waals surface area contributed by atoms with Gasteiger partial charge in [0.05, 0.1) is 18.2 Å². The van der Waals surface area contributed by atoms with Gasteiger partial charge in [0.2, 0.25) is 11.8 Å². The Balaban J connectivity index is 1.46. The first-order chi connectivity index (χ1) is 20.2. The van der Waals surface area contributed by atoms with Gasteiger partial charge in [-0.2, -0.15) is 5.10 Å². The molecule has 0 spiro atoms. The minimum atomic E-state index is -0.482. The Morgan fingerprint density at radius 3 is 2.64 bits per heavy atom. The van der Waals surface area contributed by atoms with Crippen molar-refractivity contribution < 1.29 is 23.9 Å². The van der Waals surface area contributed by atoms with Gasteiger partial charge in [-0.3, -0.25) is 23.9 Å². The van der Waals surface area contributed by atoms with Crippen molar-refractivity contribution in [3.05, 3.63) is 41.6 Å². The summed E-state index contributed by atoms with van der Waals surface area (Å²) in [6.45, 7) is 6.18. The van der Waals surface area contributed by atoms with E-state index < -0.39 is 6.04 Å². The molecule has 2 aliphatic heterocycles. The number of aromatic nitrogens is 4. The number of Topliss-reactive ketones (excluding diaryl/α,β-unsaturated/α-hetero) is 2. The molecule has 3 aliphatic rings. The van der Waals surface area contributed by atoms with Crippen LogP contribution >= 0.6 is 0 Å². The number of hydrogen-bond acceptors (Lipinski definition) is 8. The molecule has 1 saturated heterocycles. The van der Waals surface area contributed by atoms with Crippen LogP contribution in [-0.4, -0.2) is 73.3 Å². The summed E-state index contributed by atoms with van der Waals surface area (Å²) in [6, 6.07) is 3.26. The zero-order chi connectivity index (χ0) is 29.6. The Morgan fingerprint density at radius 2 is 1.90 bits per heavy atom. The van der Waals surface area contributed by atoms with E-state index in [1.54, 1.807) is 28.9 Å². The van der Waals surface area contributed by atoms with Gasteiger partial charge in [0.25, 0.3) is 0 Å². The van der Waals surface area contributed by atoms with Gasteiger partial charge in [-0.25, -0.2) is 9.97 Å². The zero-order valence-electron chi connectivity index (χ0n) is 24.3. The van der Waals surface area contributed by atoms with Crippen LogP contribution in [0.15, 0.2) is 24.5 Å². The normalized spacial score (nSPS) is 24.7. The van der Waals surface area contributed by atoms with Crippen molar-refractivity contribution in [3.63, 3.8) is 0 Å². The Morgan fingerprint density at radius 1 is 1.12 bits per heavy atom. The van der Waals surface area contributed by atoms with E-state index in [0.717, 1.165) is 29.5 Å². The first kappa shape index (κ1) is 28.1. The summed E-state index contributed by atoms with van der Waals surface area (Å²) in [6.07, 6.45) is 7.00. The highest BCUT2D eigenvalue weighted by Gasteiger charge is 2.66. The van der Waals surface area contributed by atoms with E-state index in [0.29, 0.717) is 55.6 Å². The molecule has 2 aromatic heterocycles. The van der Waals surface area contributed by atoms with Crippen molar-refractivity contribution in [3.8, 4) is 11.1 Å². The van der Waals surface area contributed by atoms with Gasteiger partial charge in [0.15, 0.2) is 11.6 Å². The average molecular weight is 573 g/mol. The van der Waals surface area contributed by atoms with E-state index in [1.165, 1.54) is 6.92 Å². The molecule has 3 aromatic rings. The zero-order valence-corrected chi connectivity index (χ0v) is 24.3. The molecular weight excluding hydrogens is 536 g/mol. The average Bonchev–Trinajstić information content (AvgIpc) is 3.38. The van der Waals surface area contributed by atoms with Crippen LogP contribution in [0, 0.1) is 12.3 Å². The topological polar surface area (TPSA) is 136 Å². The highest BCUT2D eigenvalue weighted by molar-refractivity contribution is 6.07. The third kappa shape index (κ3) is 5.10. The largest absolute Gasteiger partial charge is 0.381 e. The van der Waals surface area contributed by atoms with Crippen LogP contribution < -0.4 is 5.32 Å². The van der Waals surface area contributed by atoms with Crippen LogP contribution in [0.1, 0.15) is 74.2 Å². The van der Waals surface area contributed by atoms with Crippen LogP contribution in [0.2, 0.25) is 0 Å². The smallest absolute Gasteiger partial charge is 0.245 e. The fourth-order valence-corrected chi connectivity index (χ4v) is 6.58. The minimum absolute atomic E-state index is 0.0486. The van der Waals surface area contributed by atoms with Gasteiger partial charge < -0.3 is 15.0 Å². The summed E-state index contributed by atoms with van der Waals surface area (Å²) in [4.78, 5) is 63.0. The summed E-state index contributed by atoms with van der Waals surface area (Å²) in [5.74, 6) is 0.156. The molecule has 2 bridgehead atoms. The minimum Gasteiger partial charge on any atom is -0.381 e. The SMILES string of the molecule is CCC(=O)[C@@H]1C[C@]23COCCCCC(=O)NCc4cc(-c5cnc(C)nc5)cc5c(C(C)=O)nn(c45)CC(=O)N1[C@@H]2C3. The predicted molar refractivity (Wildman–Crippen MR) is 153 cm³/mol. The number of carbonyl (C=O) groups is 4. The second-order valence-electron chi connectivity index (χ2n) is 11.8. The lowest BCUT2D eigenvalue weighted by atomic mass is 9.97. The van der Waals surface area contributed by atoms with Crippen LogP contribution in [0.5, 0.6) is 0 Å². The quantitative estimate of drug-likeness (QED) is 0.471. The van der Waals surface area contributed by atoms with E-state index in [4.69, 9.17) is 4.74 Å². The monoisotopic (exact) mass is 572 g/mol. The molecule has 0 unspecified atom stereocenters. The van der Waals surface area contributed by atoms with Crippen molar-refractivity contribution in [1.29, 1.82) is 0 Å². The fourth-order valence-electron chi connectivity index (χ4n) is 6.58. The van der Waals surface area contributed by atoms with E-state index in [1.807, 2.05) is 19.1 Å². The molecular formula is C31H36N6O5. The van der Waals surface area contributed by atoms with Crippen molar-refractivity contribution in [2.75, 3.05) is 13.2 Å². The Labute approximate surface area is 244 Å². The molecule has 6 rings (SSSR count). The maximum absolute atomic E-state index is 14.0. The van der Waals surface area contributed by atoms with Gasteiger partial charge in [0.1, 0.15) is 18.1 Å². The third-order valence-corrected chi connectivity index (χ3v) is 8.89. The number of nitrogens with one attached hydrogen (secondary N) is 1. The summed E-state index contributed by atoms with van der Waals surface area (Å²) >= 11 is 0. The van der Waals surface area contributed by atoms with Crippen LogP contribution in [0.25, 0.3) is 22.0 Å². The lowest BCUT2D eigenvalue weighted by molar-refractivity contribution is -0.139. The van der Waals surface area contributed by atoms with Crippen molar-refractivity contribution >= 4 is 34.3 Å². The lowest BCUT2D eigenvalue weighted by Gasteiger charge is -2.26. The van der Waals surface area contributed by atoms with Gasteiger partial charge in [0, 0.05) is 67.7 Å². The number of piperidine rings is 1. The first-order valence-corrected chi connectivity index (χ1v) is 14.7. The summed E-state index contributed by atoms with van der Waals surface area (Å²) in [7, 11) is 0. The summed E-state index contributed by atoms with van der Waals surface area (Å²) < 4.78 is 7.57. The number of amides is 2. The number of carbonyl (C=O) groups excluding carboxylic acids is 4. The van der Waals surface area contributed by atoms with E-state index in [9.17, 15) is 19.2 Å². The highest BCUT2D eigenvalue weighted by atomic mass is 16.5. The second-order valence-corrected chi connectivity index (χ2v) is 11.8. The number of benzene rings is 1. The Kier molecular flexibility index (Phi) is 7.38. The molecule has 11 nitrogen and oxygen atoms in total. The molecule has 1 aromatic carbocycles. The molecule has 1 saturated carbocycles. The molecule has 11 heteroatoms. The number of rotatable bonds is 4. The number of ketones is 2. The highest BCUT2D eigenvalue weighted by Crippen LogP contribution is 2.60. The van der Waals surface area contributed by atoms with Crippen LogP contribution in [0.3, 0.4) is 0 Å². The molecule has 2 amide bonds. The molecule has 0 radical (unpaired) electrons. The first-order valence-electron chi connectivity index (χ1n) is 14.7. The molecule has 4 heterocycles. The number of nitrogens with zero attached hydrogens (tertiary/aromatic N) is 5. The van der Waals surface area contributed by atoms with Gasteiger partial charge in [-0.05, 0) is 55.9 Å². The number of ether oxygens (including phenoxy) is 1. The number of aryl methyl sites for hydroxylation is 1. The van der Waals surface area contributed by atoms with E-state index >= 15 is 0 Å². The lowest BCUT2D eigenvalue weighted by Crippen LogP contribution is -2.44. The Hall–Kier alpha value is -3.99. The van der Waals surface area contributed by atoms with Crippen molar-refractivity contribution in [2.24, 2.45) is 5.41 Å². The molecule has 220 valence electrons. The number of hydrogen-bond donors (Lipinski definition) is 1. The maximum Gasteiger partial charge on any atom is 0.245 e. The van der Waals surface area contributed by atoms with Gasteiger partial charge >= 0.3 is 0 Å². The van der Waals surface area contributed by atoms with E-state index in [-0.39, 0.29) is 53.6 Å². The molecule has 3 atom stereocenters. The molecule has 1 aliphatic carbocycles. The second kappa shape index (κ2) is 11.0. The Bertz CT molecular complexity index is 1580. The maximum atomic E-state index is 14.0. The van der Waals surface area contributed by atoms with E-state index in [2.05, 4.69) is 20.4 Å². The van der Waals surface area contributed by atoms with Crippen LogP contribution in [0.4, 0.5) is 0 Å². The molecule has 42 heavy (non-hydrogen) atoms. The molecule has 2 fully saturated rings. The third-order valence-electron chi connectivity index (χ3n) is 8.89. The fraction of sp³-hybridized carbons (Fsp3) is 0.516.